The molecule has 0 radical (unpaired) electrons. The Bertz CT molecular complexity index is 274. The van der Waals surface area contributed by atoms with Crippen molar-refractivity contribution in [2.45, 2.75) is 6.92 Å². The van der Waals surface area contributed by atoms with Crippen molar-refractivity contribution in [2.75, 3.05) is 32.7 Å². The predicted molar refractivity (Wildman–Crippen MR) is 59.3 cm³/mol. The molecule has 1 N–H and O–H groups in total. The van der Waals surface area contributed by atoms with Gasteiger partial charge < -0.3 is 4.90 Å². The molecule has 0 unspecified atom stereocenters. The number of rotatable bonds is 5. The van der Waals surface area contributed by atoms with Gasteiger partial charge in [-0.25, -0.2) is 0 Å². The average Bonchev–Trinajstić information content (AvgIpc) is 2.12. The molecule has 0 heterocycles. The molecule has 0 spiro atoms. The lowest BCUT2D eigenvalue weighted by atomic mass is 10.2. The van der Waals surface area contributed by atoms with Crippen LogP contribution in [0.3, 0.4) is 0 Å². The Labute approximate surface area is 85.6 Å². The van der Waals surface area contributed by atoms with E-state index >= 15 is 0 Å². The van der Waals surface area contributed by atoms with Gasteiger partial charge in [-0.2, -0.15) is 0 Å². The largest absolute Gasteiger partial charge is 0.307 e. The lowest BCUT2D eigenvalue weighted by Crippen LogP contribution is -2.19. The zero-order valence-electron chi connectivity index (χ0n) is 9.08. The molecule has 0 saturated heterocycles. The number of nitrogens with zero attached hydrogens (tertiary/aromatic N) is 1. The molecular formula is C11H18N2O. The van der Waals surface area contributed by atoms with Gasteiger partial charge in [0.05, 0.1) is 12.3 Å². The first kappa shape index (κ1) is 11.0. The summed E-state index contributed by atoms with van der Waals surface area (Å²) >= 11 is 0. The molecule has 1 aromatic rings. The van der Waals surface area contributed by atoms with Gasteiger partial charge >= 0.3 is 0 Å². The fourth-order valence-corrected chi connectivity index (χ4v) is 1.07. The van der Waals surface area contributed by atoms with Crippen LogP contribution in [0, 0.1) is 6.92 Å². The Morgan fingerprint density at radius 2 is 2.14 bits per heavy atom. The van der Waals surface area contributed by atoms with Crippen LogP contribution in [0.5, 0.6) is 0 Å². The number of hydrogen-bond donors (Lipinski definition) is 1. The number of aryl methyl sites for hydroxylation is 1. The lowest BCUT2D eigenvalue weighted by Gasteiger charge is -2.11. The van der Waals surface area contributed by atoms with Crippen LogP contribution in [0.25, 0.3) is 0 Å². The Hall–Kier alpha value is -1.06. The van der Waals surface area contributed by atoms with E-state index in [1.165, 1.54) is 5.56 Å². The molecule has 1 rings (SSSR count). The van der Waals surface area contributed by atoms with Crippen LogP contribution in [-0.4, -0.2) is 32.1 Å². The van der Waals surface area contributed by atoms with Gasteiger partial charge in [0.15, 0.2) is 0 Å². The van der Waals surface area contributed by atoms with Crippen molar-refractivity contribution in [3.8, 4) is 0 Å². The van der Waals surface area contributed by atoms with Crippen molar-refractivity contribution >= 4 is 5.69 Å². The standard InChI is InChI=1S/C11H18N2O/c1-10-5-4-6-11(9-10)12-14-8-7-13(2)3/h4-6,9,12H,7-8H2,1-3H3. The highest BCUT2D eigenvalue weighted by atomic mass is 16.6. The summed E-state index contributed by atoms with van der Waals surface area (Å²) in [6.45, 7) is 3.66. The van der Waals surface area contributed by atoms with Crippen molar-refractivity contribution in [1.82, 2.24) is 4.90 Å². The van der Waals surface area contributed by atoms with E-state index in [4.69, 9.17) is 4.84 Å². The molecule has 0 aliphatic rings. The fourth-order valence-electron chi connectivity index (χ4n) is 1.07. The molecule has 0 bridgehead atoms. The van der Waals surface area contributed by atoms with E-state index in [2.05, 4.69) is 29.4 Å². The number of hydrogen-bond acceptors (Lipinski definition) is 3. The van der Waals surface area contributed by atoms with Crippen LogP contribution in [0.15, 0.2) is 24.3 Å². The number of nitrogens with one attached hydrogen (secondary N) is 1. The molecule has 0 atom stereocenters. The normalized spacial score (nSPS) is 10.6. The van der Waals surface area contributed by atoms with Gasteiger partial charge in [0.2, 0.25) is 0 Å². The molecular weight excluding hydrogens is 176 g/mol. The summed E-state index contributed by atoms with van der Waals surface area (Å²) < 4.78 is 0. The third-order valence-electron chi connectivity index (χ3n) is 1.85. The molecule has 14 heavy (non-hydrogen) atoms. The van der Waals surface area contributed by atoms with Gasteiger partial charge in [0, 0.05) is 6.54 Å². The van der Waals surface area contributed by atoms with Crippen molar-refractivity contribution in [2.24, 2.45) is 0 Å². The van der Waals surface area contributed by atoms with Crippen molar-refractivity contribution in [1.29, 1.82) is 0 Å². The van der Waals surface area contributed by atoms with Gasteiger partial charge in [0.1, 0.15) is 0 Å². The minimum Gasteiger partial charge on any atom is -0.307 e. The third-order valence-corrected chi connectivity index (χ3v) is 1.85. The van der Waals surface area contributed by atoms with Crippen LogP contribution >= 0.6 is 0 Å². The summed E-state index contributed by atoms with van der Waals surface area (Å²) in [5.74, 6) is 0. The number of anilines is 1. The first-order valence-corrected chi connectivity index (χ1v) is 4.77. The Kier molecular flexibility index (Phi) is 4.43. The molecule has 0 aliphatic carbocycles. The van der Waals surface area contributed by atoms with Gasteiger partial charge in [-0.15, -0.1) is 0 Å². The van der Waals surface area contributed by atoms with Crippen LogP contribution in [0.1, 0.15) is 5.56 Å². The van der Waals surface area contributed by atoms with E-state index in [1.807, 2.05) is 26.2 Å². The predicted octanol–water partition coefficient (Wildman–Crippen LogP) is 1.90. The highest BCUT2D eigenvalue weighted by molar-refractivity contribution is 5.43. The minimum atomic E-state index is 0.681. The summed E-state index contributed by atoms with van der Waals surface area (Å²) in [7, 11) is 4.05. The van der Waals surface area contributed by atoms with Gasteiger partial charge in [-0.1, -0.05) is 12.1 Å². The average molecular weight is 194 g/mol. The molecule has 0 fully saturated rings. The zero-order chi connectivity index (χ0) is 10.4. The third kappa shape index (κ3) is 4.25. The molecule has 0 aliphatic heterocycles. The van der Waals surface area contributed by atoms with Gasteiger partial charge in [-0.3, -0.25) is 10.3 Å². The van der Waals surface area contributed by atoms with E-state index in [0.29, 0.717) is 6.61 Å². The maximum atomic E-state index is 5.29. The summed E-state index contributed by atoms with van der Waals surface area (Å²) in [5, 5.41) is 0. The molecule has 3 nitrogen and oxygen atoms in total. The molecule has 0 saturated carbocycles. The van der Waals surface area contributed by atoms with Crippen molar-refractivity contribution < 1.29 is 4.84 Å². The first-order chi connectivity index (χ1) is 6.68. The summed E-state index contributed by atoms with van der Waals surface area (Å²) in [6, 6.07) is 8.11. The van der Waals surface area contributed by atoms with Gasteiger partial charge in [-0.05, 0) is 38.7 Å². The summed E-state index contributed by atoms with van der Waals surface area (Å²) in [6.07, 6.45) is 0. The maximum absolute atomic E-state index is 5.29. The van der Waals surface area contributed by atoms with E-state index in [1.54, 1.807) is 0 Å². The Morgan fingerprint density at radius 3 is 2.79 bits per heavy atom. The molecule has 0 amide bonds. The first-order valence-electron chi connectivity index (χ1n) is 4.77. The minimum absolute atomic E-state index is 0.681. The highest BCUT2D eigenvalue weighted by Crippen LogP contribution is 2.08. The molecule has 0 aromatic heterocycles. The van der Waals surface area contributed by atoms with Crippen LogP contribution in [0.2, 0.25) is 0 Å². The van der Waals surface area contributed by atoms with E-state index in [0.717, 1.165) is 12.2 Å². The second-order valence-corrected chi connectivity index (χ2v) is 3.62. The number of benzene rings is 1. The lowest BCUT2D eigenvalue weighted by molar-refractivity contribution is 0.168. The SMILES string of the molecule is Cc1cccc(NOCCN(C)C)c1. The van der Waals surface area contributed by atoms with E-state index < -0.39 is 0 Å². The van der Waals surface area contributed by atoms with Crippen molar-refractivity contribution in [3.63, 3.8) is 0 Å². The maximum Gasteiger partial charge on any atom is 0.0872 e. The zero-order valence-corrected chi connectivity index (χ0v) is 9.08. The Morgan fingerprint density at radius 1 is 1.36 bits per heavy atom. The number of likely N-dealkylation sites (N-methyl/N-ethyl adjacent to an activating group) is 1. The molecule has 3 heteroatoms. The second-order valence-electron chi connectivity index (χ2n) is 3.62. The summed E-state index contributed by atoms with van der Waals surface area (Å²) in [4.78, 5) is 7.38. The molecule has 78 valence electrons. The monoisotopic (exact) mass is 194 g/mol. The van der Waals surface area contributed by atoms with Crippen LogP contribution in [-0.2, 0) is 4.84 Å². The van der Waals surface area contributed by atoms with Crippen LogP contribution in [0.4, 0.5) is 5.69 Å². The highest BCUT2D eigenvalue weighted by Gasteiger charge is 1.93. The van der Waals surface area contributed by atoms with Crippen LogP contribution < -0.4 is 5.48 Å². The van der Waals surface area contributed by atoms with Crippen molar-refractivity contribution in [3.05, 3.63) is 29.8 Å². The molecule has 1 aromatic carbocycles. The quantitative estimate of drug-likeness (QED) is 0.572. The van der Waals surface area contributed by atoms with E-state index in [-0.39, 0.29) is 0 Å². The van der Waals surface area contributed by atoms with Gasteiger partial charge in [0.25, 0.3) is 0 Å². The summed E-state index contributed by atoms with van der Waals surface area (Å²) in [5.41, 5.74) is 5.15. The second kappa shape index (κ2) is 5.62. The smallest absolute Gasteiger partial charge is 0.0872 e. The topological polar surface area (TPSA) is 24.5 Å². The Balaban J connectivity index is 2.25. The fraction of sp³-hybridized carbons (Fsp3) is 0.455. The van der Waals surface area contributed by atoms with E-state index in [9.17, 15) is 0 Å².